The largest absolute Gasteiger partial charge is 0.480 e. The summed E-state index contributed by atoms with van der Waals surface area (Å²) in [5, 5.41) is 31.3. The third-order valence-electron chi connectivity index (χ3n) is 8.37. The Bertz CT molecular complexity index is 1830. The van der Waals surface area contributed by atoms with Gasteiger partial charge in [-0.25, -0.2) is 14.6 Å². The molecule has 1 aromatic heterocycles. The topological polar surface area (TPSA) is 236 Å². The highest BCUT2D eigenvalue weighted by Gasteiger charge is 2.31. The maximum Gasteiger partial charge on any atom is 0.326 e. The van der Waals surface area contributed by atoms with Crippen LogP contribution >= 0.6 is 0 Å². The van der Waals surface area contributed by atoms with Crippen LogP contribution in [0, 0.1) is 12.3 Å². The van der Waals surface area contributed by atoms with Gasteiger partial charge in [0.15, 0.2) is 0 Å². The van der Waals surface area contributed by atoms with Crippen LogP contribution in [0.3, 0.4) is 0 Å². The van der Waals surface area contributed by atoms with Gasteiger partial charge in [-0.3, -0.25) is 19.2 Å². The van der Waals surface area contributed by atoms with E-state index in [1.807, 2.05) is 11.0 Å². The van der Waals surface area contributed by atoms with Gasteiger partial charge in [-0.05, 0) is 73.2 Å². The Kier molecular flexibility index (Phi) is 11.1. The fourth-order valence-corrected chi connectivity index (χ4v) is 5.83. The minimum Gasteiger partial charge on any atom is -0.480 e. The van der Waals surface area contributed by atoms with Gasteiger partial charge in [0.25, 0.3) is 11.5 Å². The number of primary amides is 1. The second-order valence-electron chi connectivity index (χ2n) is 11.4. The van der Waals surface area contributed by atoms with Crippen molar-refractivity contribution in [3.8, 4) is 12.3 Å². The van der Waals surface area contributed by atoms with Crippen LogP contribution in [0.25, 0.3) is 10.9 Å². The summed E-state index contributed by atoms with van der Waals surface area (Å²) in [6.45, 7) is -0.167. The number of aliphatic hydroxyl groups excluding tert-OH is 1. The molecule has 0 aliphatic heterocycles. The minimum atomic E-state index is -1.45. The fraction of sp³-hybridized carbons (Fsp3) is 0.364. The first-order valence-electron chi connectivity index (χ1n) is 15.1. The molecule has 2 aromatic carbocycles. The highest BCUT2D eigenvalue weighted by molar-refractivity contribution is 5.97. The average Bonchev–Trinajstić information content (AvgIpc) is 3.46. The lowest BCUT2D eigenvalue weighted by molar-refractivity contribution is -0.150. The van der Waals surface area contributed by atoms with Gasteiger partial charge in [-0.15, -0.1) is 6.42 Å². The summed E-state index contributed by atoms with van der Waals surface area (Å²) in [6, 6.07) is 7.08. The smallest absolute Gasteiger partial charge is 0.326 e. The van der Waals surface area contributed by atoms with Crippen LogP contribution in [0.2, 0.25) is 0 Å². The van der Waals surface area contributed by atoms with E-state index in [0.717, 1.165) is 16.0 Å². The van der Waals surface area contributed by atoms with Crippen molar-refractivity contribution < 1.29 is 39.3 Å². The molecule has 0 spiro atoms. The lowest BCUT2D eigenvalue weighted by Crippen LogP contribution is -2.45. The molecule has 3 atom stereocenters. The second kappa shape index (κ2) is 15.2. The van der Waals surface area contributed by atoms with Gasteiger partial charge in [0.2, 0.25) is 11.8 Å². The normalized spacial score (nSPS) is 14.7. The molecule has 15 nitrogen and oxygen atoms in total. The Labute approximate surface area is 274 Å². The number of nitrogens with one attached hydrogen (secondary N) is 2. The second-order valence-corrected chi connectivity index (χ2v) is 11.4. The lowest BCUT2D eigenvalue weighted by Gasteiger charge is -2.30. The number of anilines is 1. The van der Waals surface area contributed by atoms with E-state index < -0.39 is 48.4 Å². The average molecular weight is 661 g/mol. The summed E-state index contributed by atoms with van der Waals surface area (Å²) in [4.78, 5) is 82.7. The van der Waals surface area contributed by atoms with Crippen molar-refractivity contribution in [2.45, 2.75) is 63.3 Å². The van der Waals surface area contributed by atoms with Crippen molar-refractivity contribution in [2.24, 2.45) is 5.73 Å². The predicted molar refractivity (Wildman–Crippen MR) is 173 cm³/mol. The number of amides is 3. The number of aliphatic hydroxyl groups is 1. The van der Waals surface area contributed by atoms with E-state index in [1.165, 1.54) is 19.2 Å². The van der Waals surface area contributed by atoms with Crippen LogP contribution in [0.5, 0.6) is 0 Å². The van der Waals surface area contributed by atoms with Crippen molar-refractivity contribution >= 4 is 46.3 Å². The number of aromatic amines is 1. The molecule has 1 unspecified atom stereocenters. The Balaban J connectivity index is 1.45. The number of carbonyl (C=O) groups excluding carboxylic acids is 3. The van der Waals surface area contributed by atoms with Crippen molar-refractivity contribution in [3.63, 3.8) is 0 Å². The van der Waals surface area contributed by atoms with Gasteiger partial charge >= 0.3 is 11.9 Å². The molecule has 252 valence electrons. The van der Waals surface area contributed by atoms with Gasteiger partial charge < -0.3 is 41.2 Å². The van der Waals surface area contributed by atoms with Crippen molar-refractivity contribution in [3.05, 3.63) is 69.3 Å². The number of carboxylic acid groups (broad SMARTS) is 2. The van der Waals surface area contributed by atoms with Gasteiger partial charge in [0.05, 0.1) is 23.5 Å². The molecule has 0 fully saturated rings. The summed E-state index contributed by atoms with van der Waals surface area (Å²) in [5.74, 6) is -1.98. The van der Waals surface area contributed by atoms with E-state index in [9.17, 15) is 44.1 Å². The zero-order chi connectivity index (χ0) is 35.1. The number of fused-ring (bicyclic) bond motifs is 2. The van der Waals surface area contributed by atoms with E-state index in [0.29, 0.717) is 29.4 Å². The van der Waals surface area contributed by atoms with Crippen LogP contribution in [-0.2, 0) is 32.2 Å². The summed E-state index contributed by atoms with van der Waals surface area (Å²) in [7, 11) is 1.23. The molecule has 0 radical (unpaired) electrons. The first kappa shape index (κ1) is 35.1. The van der Waals surface area contributed by atoms with Crippen LogP contribution in [-0.4, -0.2) is 85.5 Å². The minimum absolute atomic E-state index is 0.154. The maximum absolute atomic E-state index is 13.0. The number of carbonyl (C=O) groups is 5. The Hall–Kier alpha value is -5.75. The van der Waals surface area contributed by atoms with E-state index in [2.05, 4.69) is 21.2 Å². The summed E-state index contributed by atoms with van der Waals surface area (Å²) >= 11 is 0. The van der Waals surface area contributed by atoms with E-state index in [1.54, 1.807) is 18.2 Å². The number of aliphatic carboxylic acids is 2. The number of hydrogen-bond acceptors (Lipinski definition) is 9. The fourth-order valence-electron chi connectivity index (χ4n) is 5.83. The third-order valence-corrected chi connectivity index (χ3v) is 8.37. The quantitative estimate of drug-likeness (QED) is 0.124. The number of aromatic nitrogens is 2. The number of carboxylic acids is 2. The number of nitrogens with zero attached hydrogens (tertiary/aromatic N) is 3. The molecular formula is C33H36N6O9. The Morgan fingerprint density at radius 2 is 1.81 bits per heavy atom. The van der Waals surface area contributed by atoms with Crippen LogP contribution in [0.4, 0.5) is 5.69 Å². The zero-order valence-electron chi connectivity index (χ0n) is 26.1. The highest BCUT2D eigenvalue weighted by Crippen LogP contribution is 2.39. The van der Waals surface area contributed by atoms with Crippen molar-refractivity contribution in [2.75, 3.05) is 18.5 Å². The van der Waals surface area contributed by atoms with Crippen molar-refractivity contribution in [1.29, 1.82) is 0 Å². The van der Waals surface area contributed by atoms with Crippen LogP contribution in [0.15, 0.2) is 41.2 Å². The molecule has 3 amide bonds. The molecule has 1 aliphatic rings. The summed E-state index contributed by atoms with van der Waals surface area (Å²) < 4.78 is 0. The first-order valence-corrected chi connectivity index (χ1v) is 15.1. The molecule has 1 heterocycles. The number of nitrogens with two attached hydrogens (primary N) is 1. The number of rotatable bonds is 15. The van der Waals surface area contributed by atoms with Gasteiger partial charge in [-0.1, -0.05) is 5.92 Å². The SMILES string of the molecule is C#CCN(c1ccc(C(=O)N[C@@H](CCC(=O)N(C)[C@@H](CCC(N)=O)C(=O)O)C(=O)O)cc1)C1CCc2cc3nc(CO)[nH]c(=O)c3cc21. The number of likely N-dealkylation sites (N-methyl/N-ethyl adjacent to an activating group) is 1. The third kappa shape index (κ3) is 7.96. The standard InChI is InChI=1S/C33H36N6O9/c1-3-14-39(25-10-6-19-15-24-22(16-21(19)25)31(44)37-28(17-40)35-24)20-7-4-18(5-8-20)30(43)36-23(32(45)46)9-13-29(42)38(2)26(33(47)48)11-12-27(34)41/h1,4-5,7-8,15-16,23,25-26,40H,6,9-14,17H2,2H3,(H2,34,41)(H,36,43)(H,45,46)(H,47,48)(H,35,37,44)/t23-,25?,26-/m0/s1. The summed E-state index contributed by atoms with van der Waals surface area (Å²) in [6.07, 6.45) is 5.98. The molecule has 0 saturated carbocycles. The molecule has 0 bridgehead atoms. The molecule has 1 aliphatic carbocycles. The highest BCUT2D eigenvalue weighted by atomic mass is 16.4. The van der Waals surface area contributed by atoms with Gasteiger partial charge in [0.1, 0.15) is 24.5 Å². The lowest BCUT2D eigenvalue weighted by atomic mass is 10.0. The maximum atomic E-state index is 13.0. The van der Waals surface area contributed by atoms with Crippen LogP contribution in [0.1, 0.15) is 65.5 Å². The van der Waals surface area contributed by atoms with E-state index in [-0.39, 0.29) is 55.2 Å². The first-order chi connectivity index (χ1) is 22.8. The molecule has 15 heteroatoms. The summed E-state index contributed by atoms with van der Waals surface area (Å²) in [5.41, 5.74) is 7.97. The van der Waals surface area contributed by atoms with E-state index in [4.69, 9.17) is 12.2 Å². The van der Waals surface area contributed by atoms with Crippen molar-refractivity contribution in [1.82, 2.24) is 20.2 Å². The van der Waals surface area contributed by atoms with Gasteiger partial charge in [-0.2, -0.15) is 0 Å². The molecular weight excluding hydrogens is 624 g/mol. The number of terminal acetylenes is 1. The molecule has 48 heavy (non-hydrogen) atoms. The van der Waals surface area contributed by atoms with Gasteiger partial charge in [0, 0.05) is 31.1 Å². The molecule has 7 N–H and O–H groups in total. The monoisotopic (exact) mass is 660 g/mol. The Morgan fingerprint density at radius 1 is 1.10 bits per heavy atom. The van der Waals surface area contributed by atoms with E-state index >= 15 is 0 Å². The number of aryl methyl sites for hydroxylation is 1. The number of hydrogen-bond donors (Lipinski definition) is 6. The molecule has 0 saturated heterocycles. The van der Waals surface area contributed by atoms with Crippen LogP contribution < -0.4 is 21.5 Å². The Morgan fingerprint density at radius 3 is 2.42 bits per heavy atom. The number of H-pyrrole nitrogens is 1. The zero-order valence-corrected chi connectivity index (χ0v) is 26.1. The number of benzene rings is 2. The molecule has 4 rings (SSSR count). The molecule has 3 aromatic rings. The predicted octanol–water partition coefficient (Wildman–Crippen LogP) is 0.683.